The largest absolute Gasteiger partial charge is 0.493 e. The highest BCUT2D eigenvalue weighted by molar-refractivity contribution is 5.89. The molecular weight excluding hydrogens is 216 g/mol. The molecule has 1 aromatic rings. The van der Waals surface area contributed by atoms with Crippen LogP contribution in [0.25, 0.3) is 0 Å². The zero-order valence-electron chi connectivity index (χ0n) is 10.4. The van der Waals surface area contributed by atoms with Gasteiger partial charge in [-0.25, -0.2) is 4.79 Å². The summed E-state index contributed by atoms with van der Waals surface area (Å²) < 4.78 is 10.4. The molecule has 0 amide bonds. The standard InChI is InChI=1S/C14H18O3/c1-4-16-14(15)12-5-7-13(8-6-12)17-10-9-11(2)3/h5-8H,2,4,9-10H2,1,3H3. The first-order chi connectivity index (χ1) is 8.13. The van der Waals surface area contributed by atoms with Crippen molar-refractivity contribution in [1.29, 1.82) is 0 Å². The summed E-state index contributed by atoms with van der Waals surface area (Å²) in [5.41, 5.74) is 1.63. The Morgan fingerprint density at radius 1 is 1.29 bits per heavy atom. The van der Waals surface area contributed by atoms with E-state index in [-0.39, 0.29) is 5.97 Å². The fourth-order valence-electron chi connectivity index (χ4n) is 1.24. The first-order valence-electron chi connectivity index (χ1n) is 5.68. The van der Waals surface area contributed by atoms with Gasteiger partial charge in [0.05, 0.1) is 18.8 Å². The molecule has 0 aliphatic rings. The second-order valence-electron chi connectivity index (χ2n) is 3.80. The van der Waals surface area contributed by atoms with E-state index in [0.29, 0.717) is 18.8 Å². The minimum atomic E-state index is -0.305. The molecule has 0 atom stereocenters. The summed E-state index contributed by atoms with van der Waals surface area (Å²) in [6, 6.07) is 6.94. The van der Waals surface area contributed by atoms with Crippen molar-refractivity contribution in [2.75, 3.05) is 13.2 Å². The van der Waals surface area contributed by atoms with Crippen LogP contribution in [0, 0.1) is 0 Å². The van der Waals surface area contributed by atoms with Crippen LogP contribution >= 0.6 is 0 Å². The number of esters is 1. The number of rotatable bonds is 6. The van der Waals surface area contributed by atoms with Gasteiger partial charge < -0.3 is 9.47 Å². The number of carbonyl (C=O) groups excluding carboxylic acids is 1. The average molecular weight is 234 g/mol. The number of benzene rings is 1. The fraction of sp³-hybridized carbons (Fsp3) is 0.357. The lowest BCUT2D eigenvalue weighted by Gasteiger charge is -2.06. The van der Waals surface area contributed by atoms with Gasteiger partial charge in [0.15, 0.2) is 0 Å². The summed E-state index contributed by atoms with van der Waals surface area (Å²) in [6.07, 6.45) is 0.833. The van der Waals surface area contributed by atoms with Crippen LogP contribution in [0.15, 0.2) is 36.4 Å². The molecule has 0 spiro atoms. The van der Waals surface area contributed by atoms with E-state index in [0.717, 1.165) is 17.7 Å². The molecule has 0 N–H and O–H groups in total. The monoisotopic (exact) mass is 234 g/mol. The molecule has 1 rings (SSSR count). The van der Waals surface area contributed by atoms with Crippen LogP contribution in [-0.2, 0) is 4.74 Å². The van der Waals surface area contributed by atoms with Crippen molar-refractivity contribution >= 4 is 5.97 Å². The van der Waals surface area contributed by atoms with Crippen molar-refractivity contribution in [3.8, 4) is 5.75 Å². The van der Waals surface area contributed by atoms with Crippen molar-refractivity contribution in [2.45, 2.75) is 20.3 Å². The summed E-state index contributed by atoms with van der Waals surface area (Å²) in [5, 5.41) is 0. The van der Waals surface area contributed by atoms with Crippen LogP contribution < -0.4 is 4.74 Å². The molecule has 0 radical (unpaired) electrons. The molecule has 3 heteroatoms. The second kappa shape index (κ2) is 6.74. The molecule has 0 aromatic heterocycles. The molecule has 3 nitrogen and oxygen atoms in total. The van der Waals surface area contributed by atoms with Gasteiger partial charge in [-0.1, -0.05) is 5.57 Å². The highest BCUT2D eigenvalue weighted by Crippen LogP contribution is 2.13. The van der Waals surface area contributed by atoms with Crippen LogP contribution in [0.2, 0.25) is 0 Å². The third kappa shape index (κ3) is 4.72. The van der Waals surface area contributed by atoms with Crippen LogP contribution in [0.3, 0.4) is 0 Å². The first-order valence-corrected chi connectivity index (χ1v) is 5.68. The Morgan fingerprint density at radius 2 is 1.94 bits per heavy atom. The molecule has 0 saturated carbocycles. The molecule has 0 saturated heterocycles. The van der Waals surface area contributed by atoms with Crippen molar-refractivity contribution in [1.82, 2.24) is 0 Å². The van der Waals surface area contributed by atoms with Gasteiger partial charge in [0.25, 0.3) is 0 Å². The van der Waals surface area contributed by atoms with Gasteiger partial charge in [-0.3, -0.25) is 0 Å². The fourth-order valence-corrected chi connectivity index (χ4v) is 1.24. The SMILES string of the molecule is C=C(C)CCOc1ccc(C(=O)OCC)cc1. The second-order valence-corrected chi connectivity index (χ2v) is 3.80. The lowest BCUT2D eigenvalue weighted by Crippen LogP contribution is -2.04. The van der Waals surface area contributed by atoms with Crippen LogP contribution in [0.5, 0.6) is 5.75 Å². The predicted molar refractivity (Wildman–Crippen MR) is 67.3 cm³/mol. The zero-order valence-corrected chi connectivity index (χ0v) is 10.4. The molecule has 17 heavy (non-hydrogen) atoms. The smallest absolute Gasteiger partial charge is 0.338 e. The number of carbonyl (C=O) groups is 1. The van der Waals surface area contributed by atoms with Gasteiger partial charge in [0.2, 0.25) is 0 Å². The van der Waals surface area contributed by atoms with Gasteiger partial charge in [-0.2, -0.15) is 0 Å². The molecule has 1 aromatic carbocycles. The zero-order chi connectivity index (χ0) is 12.7. The summed E-state index contributed by atoms with van der Waals surface area (Å²) in [5.74, 6) is 0.445. The summed E-state index contributed by atoms with van der Waals surface area (Å²) in [7, 11) is 0. The quantitative estimate of drug-likeness (QED) is 0.560. The van der Waals surface area contributed by atoms with Crippen molar-refractivity contribution in [2.24, 2.45) is 0 Å². The van der Waals surface area contributed by atoms with Crippen LogP contribution in [0.4, 0.5) is 0 Å². The summed E-state index contributed by atoms with van der Waals surface area (Å²) >= 11 is 0. The highest BCUT2D eigenvalue weighted by Gasteiger charge is 2.05. The van der Waals surface area contributed by atoms with E-state index in [2.05, 4.69) is 6.58 Å². The summed E-state index contributed by atoms with van der Waals surface area (Å²) in [4.78, 5) is 11.4. The first kappa shape index (κ1) is 13.3. The molecule has 0 aliphatic heterocycles. The van der Waals surface area contributed by atoms with Gasteiger partial charge in [0.1, 0.15) is 5.75 Å². The molecule has 0 aliphatic carbocycles. The Hall–Kier alpha value is -1.77. The highest BCUT2D eigenvalue weighted by atomic mass is 16.5. The minimum Gasteiger partial charge on any atom is -0.493 e. The van der Waals surface area contributed by atoms with Gasteiger partial charge in [-0.15, -0.1) is 6.58 Å². The minimum absolute atomic E-state index is 0.305. The lowest BCUT2D eigenvalue weighted by atomic mass is 10.2. The third-order valence-corrected chi connectivity index (χ3v) is 2.16. The maximum absolute atomic E-state index is 11.4. The Morgan fingerprint density at radius 3 is 2.47 bits per heavy atom. The Kier molecular flexibility index (Phi) is 5.27. The van der Waals surface area contributed by atoms with Crippen LogP contribution in [0.1, 0.15) is 30.6 Å². The van der Waals surface area contributed by atoms with E-state index in [9.17, 15) is 4.79 Å². The molecule has 92 valence electrons. The molecule has 0 fully saturated rings. The van der Waals surface area contributed by atoms with E-state index in [4.69, 9.17) is 9.47 Å². The normalized spacial score (nSPS) is 9.76. The molecule has 0 bridgehead atoms. The Labute approximate surface area is 102 Å². The van der Waals surface area contributed by atoms with Crippen molar-refractivity contribution in [3.05, 3.63) is 42.0 Å². The number of ether oxygens (including phenoxy) is 2. The van der Waals surface area contributed by atoms with Gasteiger partial charge >= 0.3 is 5.97 Å². The van der Waals surface area contributed by atoms with Gasteiger partial charge in [0, 0.05) is 6.42 Å². The van der Waals surface area contributed by atoms with E-state index in [1.807, 2.05) is 6.92 Å². The third-order valence-electron chi connectivity index (χ3n) is 2.16. The Bertz CT molecular complexity index is 379. The average Bonchev–Trinajstić information content (AvgIpc) is 2.30. The number of hydrogen-bond acceptors (Lipinski definition) is 3. The molecule has 0 unspecified atom stereocenters. The van der Waals surface area contributed by atoms with Crippen molar-refractivity contribution in [3.63, 3.8) is 0 Å². The topological polar surface area (TPSA) is 35.5 Å². The number of hydrogen-bond donors (Lipinski definition) is 0. The molecule has 0 heterocycles. The van der Waals surface area contributed by atoms with Gasteiger partial charge in [-0.05, 0) is 38.1 Å². The van der Waals surface area contributed by atoms with Crippen LogP contribution in [-0.4, -0.2) is 19.2 Å². The Balaban J connectivity index is 2.50. The van der Waals surface area contributed by atoms with E-state index < -0.39 is 0 Å². The molecular formula is C14H18O3. The summed E-state index contributed by atoms with van der Waals surface area (Å²) in [6.45, 7) is 8.54. The van der Waals surface area contributed by atoms with E-state index >= 15 is 0 Å². The maximum Gasteiger partial charge on any atom is 0.338 e. The van der Waals surface area contributed by atoms with E-state index in [1.165, 1.54) is 0 Å². The predicted octanol–water partition coefficient (Wildman–Crippen LogP) is 3.21. The van der Waals surface area contributed by atoms with E-state index in [1.54, 1.807) is 31.2 Å². The maximum atomic E-state index is 11.4. The lowest BCUT2D eigenvalue weighted by molar-refractivity contribution is 0.0526. The van der Waals surface area contributed by atoms with Crippen molar-refractivity contribution < 1.29 is 14.3 Å².